The van der Waals surface area contributed by atoms with Crippen LogP contribution in [-0.4, -0.2) is 78.1 Å². The van der Waals surface area contributed by atoms with E-state index in [0.29, 0.717) is 49.8 Å². The van der Waals surface area contributed by atoms with Crippen molar-refractivity contribution in [3.8, 4) is 34.6 Å². The van der Waals surface area contributed by atoms with Gasteiger partial charge in [0.25, 0.3) is 16.7 Å². The molecule has 0 aliphatic carbocycles. The number of pyridine rings is 3. The van der Waals surface area contributed by atoms with Crippen LogP contribution in [0.5, 0.6) is 0 Å². The molecule has 3 aromatic carbocycles. The first kappa shape index (κ1) is 42.8. The van der Waals surface area contributed by atoms with Crippen molar-refractivity contribution >= 4 is 50.6 Å². The number of carboxylic acids is 3. The fourth-order valence-electron chi connectivity index (χ4n) is 5.68. The normalized spacial score (nSPS) is 10.4. The van der Waals surface area contributed by atoms with Crippen LogP contribution in [0.25, 0.3) is 67.3 Å². The van der Waals surface area contributed by atoms with Gasteiger partial charge in [0.05, 0.1) is 32.7 Å². The fraction of sp³-hybridized carbons (Fsp3) is 0. The molecule has 0 aliphatic heterocycles. The first-order chi connectivity index (χ1) is 28.9. The van der Waals surface area contributed by atoms with Crippen molar-refractivity contribution in [3.63, 3.8) is 0 Å². The van der Waals surface area contributed by atoms with E-state index >= 15 is 0 Å². The largest absolute Gasteiger partial charge is 0.477 e. The summed E-state index contributed by atoms with van der Waals surface area (Å²) >= 11 is 0. The van der Waals surface area contributed by atoms with Gasteiger partial charge < -0.3 is 30.3 Å². The van der Waals surface area contributed by atoms with Crippen LogP contribution in [0, 0.1) is 38.6 Å². The Morgan fingerprint density at radius 1 is 0.361 bits per heavy atom. The number of fused-ring (bicyclic) bond motifs is 3. The van der Waals surface area contributed by atoms with Crippen molar-refractivity contribution in [2.24, 2.45) is 0 Å². The van der Waals surface area contributed by atoms with Gasteiger partial charge in [-0.3, -0.25) is 14.4 Å². The Hall–Kier alpha value is -7.77. The standard InChI is InChI=1S/3C14H9N3O3.Tb/c3*18-13-8-4-1-2-5-9(8)16-12(17-13)10-6-3-7-11(15-10)14(19)20;/h3*1-7H,(H,19,20)(H,16,17,18);. The fourth-order valence-corrected chi connectivity index (χ4v) is 5.68. The number of aromatic amines is 3. The Morgan fingerprint density at radius 3 is 0.885 bits per heavy atom. The molecule has 0 fully saturated rings. The monoisotopic (exact) mass is 960 g/mol. The number of H-pyrrole nitrogens is 3. The van der Waals surface area contributed by atoms with E-state index in [0.717, 1.165) is 0 Å². The number of hydrogen-bond acceptors (Lipinski definition) is 12. The summed E-state index contributed by atoms with van der Waals surface area (Å²) in [5.41, 5.74) is 1.40. The van der Waals surface area contributed by atoms with E-state index < -0.39 is 17.9 Å². The van der Waals surface area contributed by atoms with Crippen LogP contribution in [0.1, 0.15) is 31.5 Å². The molecule has 0 saturated carbocycles. The predicted octanol–water partition coefficient (Wildman–Crippen LogP) is 5.05. The van der Waals surface area contributed by atoms with Gasteiger partial charge in [-0.1, -0.05) is 54.6 Å². The Balaban J connectivity index is 0.000000152. The summed E-state index contributed by atoms with van der Waals surface area (Å²) in [6.45, 7) is 0. The van der Waals surface area contributed by atoms with Crippen molar-refractivity contribution in [1.82, 2.24) is 44.9 Å². The van der Waals surface area contributed by atoms with E-state index in [1.54, 1.807) is 109 Å². The smallest absolute Gasteiger partial charge is 0.354 e. The van der Waals surface area contributed by atoms with Crippen molar-refractivity contribution in [1.29, 1.82) is 0 Å². The third-order valence-corrected chi connectivity index (χ3v) is 8.47. The molecule has 9 rings (SSSR count). The molecule has 18 nitrogen and oxygen atoms in total. The Kier molecular flexibility index (Phi) is 13.2. The predicted molar refractivity (Wildman–Crippen MR) is 218 cm³/mol. The van der Waals surface area contributed by atoms with Crippen LogP contribution in [0.15, 0.2) is 142 Å². The molecular formula is C42H27N9O9Tb. The topological polar surface area (TPSA) is 288 Å². The Morgan fingerprint density at radius 2 is 0.623 bits per heavy atom. The van der Waals surface area contributed by atoms with Gasteiger partial charge in [0.1, 0.15) is 34.2 Å². The van der Waals surface area contributed by atoms with Gasteiger partial charge in [-0.25, -0.2) is 44.3 Å². The number of carboxylic acid groups (broad SMARTS) is 3. The molecule has 6 N–H and O–H groups in total. The van der Waals surface area contributed by atoms with E-state index in [1.807, 2.05) is 0 Å². The van der Waals surface area contributed by atoms with Crippen molar-refractivity contribution < 1.29 is 68.3 Å². The van der Waals surface area contributed by atoms with Crippen molar-refractivity contribution in [2.45, 2.75) is 0 Å². The molecule has 6 aromatic heterocycles. The van der Waals surface area contributed by atoms with Crippen LogP contribution in [0.4, 0.5) is 0 Å². The number of para-hydroxylation sites is 3. The minimum Gasteiger partial charge on any atom is -0.477 e. The van der Waals surface area contributed by atoms with Gasteiger partial charge in [0.2, 0.25) is 0 Å². The van der Waals surface area contributed by atoms with Crippen LogP contribution < -0.4 is 16.7 Å². The van der Waals surface area contributed by atoms with Crippen LogP contribution in [-0.2, 0) is 0 Å². The second-order valence-electron chi connectivity index (χ2n) is 12.4. The quantitative estimate of drug-likeness (QED) is 0.127. The maximum absolute atomic E-state index is 12.0. The number of rotatable bonds is 6. The molecule has 1 radical (unpaired) electrons. The average Bonchev–Trinajstić information content (AvgIpc) is 3.27. The van der Waals surface area contributed by atoms with Gasteiger partial charge in [-0.15, -0.1) is 0 Å². The minimum atomic E-state index is -1.13. The maximum atomic E-state index is 12.0. The molecular weight excluding hydrogens is 933 g/mol. The number of hydrogen-bond donors (Lipinski definition) is 6. The molecule has 0 atom stereocenters. The van der Waals surface area contributed by atoms with Crippen molar-refractivity contribution in [2.75, 3.05) is 0 Å². The number of benzene rings is 3. The first-order valence-electron chi connectivity index (χ1n) is 17.5. The number of aromatic carboxylic acids is 3. The molecule has 303 valence electrons. The second kappa shape index (κ2) is 18.9. The summed E-state index contributed by atoms with van der Waals surface area (Å²) in [5, 5.41) is 28.2. The zero-order valence-electron chi connectivity index (χ0n) is 30.9. The average molecular weight is 961 g/mol. The molecule has 0 unspecified atom stereocenters. The number of nitrogens with one attached hydrogen (secondary N) is 3. The summed E-state index contributed by atoms with van der Waals surface area (Å²) in [6.07, 6.45) is 0. The molecule has 0 saturated heterocycles. The number of aromatic nitrogens is 9. The Labute approximate surface area is 371 Å². The van der Waals surface area contributed by atoms with Gasteiger partial charge in [-0.05, 0) is 72.8 Å². The zero-order chi connectivity index (χ0) is 42.3. The van der Waals surface area contributed by atoms with Gasteiger partial charge in [0, 0.05) is 38.6 Å². The van der Waals surface area contributed by atoms with Crippen LogP contribution >= 0.6 is 0 Å². The van der Waals surface area contributed by atoms with Gasteiger partial charge in [-0.2, -0.15) is 0 Å². The summed E-state index contributed by atoms with van der Waals surface area (Å²) in [5.74, 6) is -2.65. The molecule has 9 aromatic rings. The summed E-state index contributed by atoms with van der Waals surface area (Å²) in [6, 6.07) is 34.4. The molecule has 0 amide bonds. The van der Waals surface area contributed by atoms with E-state index in [4.69, 9.17) is 15.3 Å². The minimum absolute atomic E-state index is 0. The van der Waals surface area contributed by atoms with E-state index in [2.05, 4.69) is 44.9 Å². The maximum Gasteiger partial charge on any atom is 0.354 e. The third-order valence-electron chi connectivity index (χ3n) is 8.47. The van der Waals surface area contributed by atoms with Crippen molar-refractivity contribution in [3.05, 3.63) is 176 Å². The molecule has 61 heavy (non-hydrogen) atoms. The van der Waals surface area contributed by atoms with E-state index in [1.165, 1.54) is 18.2 Å². The van der Waals surface area contributed by atoms with Crippen LogP contribution in [0.2, 0.25) is 0 Å². The third kappa shape index (κ3) is 9.92. The van der Waals surface area contributed by atoms with E-state index in [9.17, 15) is 28.8 Å². The molecule has 0 aliphatic rings. The second-order valence-corrected chi connectivity index (χ2v) is 12.4. The summed E-state index contributed by atoms with van der Waals surface area (Å²) in [4.78, 5) is 101. The first-order valence-corrected chi connectivity index (χ1v) is 17.5. The zero-order valence-corrected chi connectivity index (χ0v) is 33.1. The molecule has 0 bridgehead atoms. The summed E-state index contributed by atoms with van der Waals surface area (Å²) in [7, 11) is 0. The van der Waals surface area contributed by atoms with Gasteiger partial charge >= 0.3 is 17.9 Å². The Bertz CT molecular complexity index is 2970. The molecule has 19 heteroatoms. The summed E-state index contributed by atoms with van der Waals surface area (Å²) < 4.78 is 0. The number of carbonyl (C=O) groups is 3. The molecule has 0 spiro atoms. The van der Waals surface area contributed by atoms with E-state index in [-0.39, 0.29) is 89.8 Å². The SMILES string of the molecule is O=C(O)c1cccc(-c2nc3ccccc3c(=O)[nH]2)n1.O=C(O)c1cccc(-c2nc3ccccc3c(=O)[nH]2)n1.O=C(O)c1cccc(-c2nc3ccccc3c(=O)[nH]2)n1.[Tb]. The molecule has 6 heterocycles. The van der Waals surface area contributed by atoms with Crippen LogP contribution in [0.3, 0.4) is 0 Å². The number of nitrogens with zero attached hydrogens (tertiary/aromatic N) is 6. The van der Waals surface area contributed by atoms with Gasteiger partial charge in [0.15, 0.2) is 17.5 Å².